The smallest absolute Gasteiger partial charge is 0.410 e. The third-order valence-corrected chi connectivity index (χ3v) is 19.3. The SMILES string of the molecule is CO[C@H]1/C=C/O[C@@]2(C)Oc3c(C)c(O)c4c(=O)c(c5sc6cc(N7CCN(C(=O)OCc8ccc(NC(=O)CNC(=O)C(NC(=O)CCCCCN9C(=O)C=CC9=O)C(C)C)cc8)CC7)ccc6nc-5c4c3C2=O)NC(=O)/C(C)=C\C=C\[C@H](C)C[C@@H](C)C[C@@H](C)[C@H](OC(C)=O)[C@@H]1C. The zero-order chi connectivity index (χ0) is 70.2. The van der Waals surface area contributed by atoms with E-state index in [4.69, 9.17) is 28.7 Å². The molecule has 1 aliphatic carbocycles. The average Bonchev–Trinajstić information content (AvgIpc) is 1.66. The monoisotopic (exact) mass is 1350 g/mol. The van der Waals surface area contributed by atoms with Crippen molar-refractivity contribution in [2.24, 2.45) is 29.6 Å². The Kier molecular flexibility index (Phi) is 23.1. The molecule has 0 saturated carbocycles. The van der Waals surface area contributed by atoms with Crippen molar-refractivity contribution in [3.63, 3.8) is 0 Å². The summed E-state index contributed by atoms with van der Waals surface area (Å²) in [7, 11) is 1.53. The summed E-state index contributed by atoms with van der Waals surface area (Å²) in [5, 5.41) is 22.8. The van der Waals surface area contributed by atoms with Crippen LogP contribution < -0.4 is 36.3 Å². The number of nitrogens with one attached hydrogen (secondary N) is 4. The van der Waals surface area contributed by atoms with E-state index >= 15 is 9.59 Å². The van der Waals surface area contributed by atoms with Crippen LogP contribution >= 0.6 is 11.3 Å². The number of benzene rings is 4. The van der Waals surface area contributed by atoms with Crippen molar-refractivity contribution in [1.82, 2.24) is 25.4 Å². The third-order valence-electron chi connectivity index (χ3n) is 18.2. The topological polar surface area (TPSA) is 308 Å². The lowest BCUT2D eigenvalue weighted by atomic mass is 9.82. The first-order valence-electron chi connectivity index (χ1n) is 32.9. The number of carbonyl (C=O) groups is 9. The van der Waals surface area contributed by atoms with Gasteiger partial charge in [-0.1, -0.05) is 78.3 Å². The van der Waals surface area contributed by atoms with Crippen LogP contribution in [0.2, 0.25) is 0 Å². The van der Waals surface area contributed by atoms with Gasteiger partial charge in [-0.3, -0.25) is 48.1 Å². The predicted molar refractivity (Wildman–Crippen MR) is 367 cm³/mol. The minimum Gasteiger partial charge on any atom is -0.507 e. The van der Waals surface area contributed by atoms with Crippen molar-refractivity contribution in [2.45, 2.75) is 138 Å². The number of ether oxygens (including phenoxy) is 5. The van der Waals surface area contributed by atoms with E-state index in [9.17, 15) is 43.5 Å². The van der Waals surface area contributed by atoms with Crippen molar-refractivity contribution < 1.29 is 71.9 Å². The lowest BCUT2D eigenvalue weighted by molar-refractivity contribution is -0.155. The molecule has 0 aromatic heterocycles. The molecule has 1 unspecified atom stereocenters. The van der Waals surface area contributed by atoms with Crippen LogP contribution in [-0.2, 0) is 59.1 Å². The zero-order valence-electron chi connectivity index (χ0n) is 56.7. The van der Waals surface area contributed by atoms with Gasteiger partial charge in [0.2, 0.25) is 23.2 Å². The van der Waals surface area contributed by atoms with Gasteiger partial charge in [0, 0.05) is 106 Å². The number of unbranched alkanes of at least 4 members (excludes halogenated alkanes) is 2. The number of phenolic OH excluding ortho intramolecular Hbond substituents is 1. The summed E-state index contributed by atoms with van der Waals surface area (Å²) in [5.74, 6) is -6.58. The van der Waals surface area contributed by atoms with Crippen LogP contribution in [0.15, 0.2) is 95.6 Å². The zero-order valence-corrected chi connectivity index (χ0v) is 57.5. The van der Waals surface area contributed by atoms with Gasteiger partial charge in [-0.2, -0.15) is 0 Å². The number of phenols is 1. The summed E-state index contributed by atoms with van der Waals surface area (Å²) in [6, 6.07) is 11.4. The number of imide groups is 1. The highest BCUT2D eigenvalue weighted by molar-refractivity contribution is 7.22. The van der Waals surface area contributed by atoms with Gasteiger partial charge < -0.3 is 59.9 Å². The highest BCUT2D eigenvalue weighted by Gasteiger charge is 2.50. The lowest BCUT2D eigenvalue weighted by Gasteiger charge is -2.35. The van der Waals surface area contributed by atoms with Crippen LogP contribution in [0.4, 0.5) is 21.9 Å². The highest BCUT2D eigenvalue weighted by Crippen LogP contribution is 2.51. The normalized spacial score (nSPS) is 23.2. The van der Waals surface area contributed by atoms with Crippen molar-refractivity contribution in [3.05, 3.63) is 118 Å². The molecule has 1 fully saturated rings. The number of rotatable bonds is 17. The lowest BCUT2D eigenvalue weighted by Crippen LogP contribution is -2.51. The number of aromatic hydroxyl groups is 1. The molecule has 3 aromatic carbocycles. The van der Waals surface area contributed by atoms with Crippen molar-refractivity contribution in [2.75, 3.05) is 61.9 Å². The first-order chi connectivity index (χ1) is 46.2. The predicted octanol–water partition coefficient (Wildman–Crippen LogP) is 9.62. The number of allylic oxidation sites excluding steroid dienone is 3. The summed E-state index contributed by atoms with van der Waals surface area (Å²) in [6.07, 6.45) is 12.5. The molecule has 1 saturated heterocycles. The van der Waals surface area contributed by atoms with Crippen LogP contribution in [0.3, 0.4) is 0 Å². The van der Waals surface area contributed by atoms with Crippen LogP contribution in [-0.4, -0.2) is 144 Å². The van der Waals surface area contributed by atoms with E-state index < -0.39 is 70.8 Å². The molecule has 8 atom stereocenters. The first kappa shape index (κ1) is 71.8. The van der Waals surface area contributed by atoms with Gasteiger partial charge in [0.05, 0.1) is 50.6 Å². The van der Waals surface area contributed by atoms with E-state index in [0.717, 1.165) is 23.4 Å². The molecular weight excluding hydrogens is 1260 g/mol. The van der Waals surface area contributed by atoms with E-state index in [1.807, 2.05) is 44.2 Å². The van der Waals surface area contributed by atoms with Gasteiger partial charge in [-0.25, -0.2) is 9.78 Å². The fourth-order valence-corrected chi connectivity index (χ4v) is 14.0. The Bertz CT molecular complexity index is 4020. The minimum atomic E-state index is -2.00. The molecule has 516 valence electrons. The van der Waals surface area contributed by atoms with Crippen LogP contribution in [0.5, 0.6) is 11.5 Å². The number of amides is 7. The summed E-state index contributed by atoms with van der Waals surface area (Å²) in [5.41, 5.74) is 1.98. The maximum Gasteiger partial charge on any atom is 0.410 e. The number of piperazine rings is 1. The standard InChI is InChI=1S/C72H86N8O16S/c1-39(2)60(76-53(82)18-13-12-14-28-80-55(84)25-26-56(80)85)70(90)73-37-54(83)74-48-21-19-47(20-22-48)38-93-71(91)79-31-29-78(30-32-79)49-23-24-50-52(36-49)97-67-61(75-50)57-58-63(86)45(8)66-59(57)68(88)72(10,96-66)94-33-27-51(92-11)44(7)65(95-46(9)81)43(6)35-41(4)34-40(3)16-15-17-42(5)69(89)77-62(67)64(58)87/h15-17,19-27,33,36,39-41,43-44,51,60,65,86H,12-14,18,28-32,34-35,37-38H2,1-11H3,(H,73,90)(H,74,83)(H,76,82)(H,77,89)/b16-15+,33-27+,42-17-/t40-,41+,43+,44+,51-,60?,65-,72-/m0/s1. The average molecular weight is 1350 g/mol. The fraction of sp³-hybridized carbons (Fsp3) is 0.458. The first-order valence-corrected chi connectivity index (χ1v) is 33.7. The molecule has 25 heteroatoms. The number of ketones is 1. The number of nitrogens with zero attached hydrogens (tertiary/aromatic N) is 4. The van der Waals surface area contributed by atoms with Crippen LogP contribution in [0.25, 0.3) is 31.6 Å². The Morgan fingerprint density at radius 3 is 2.28 bits per heavy atom. The molecule has 5 N–H and O–H groups in total. The number of methoxy groups -OCH3 is 1. The number of hydrogen-bond acceptors (Lipinski definition) is 19. The highest BCUT2D eigenvalue weighted by atomic mass is 32.1. The summed E-state index contributed by atoms with van der Waals surface area (Å²) >= 11 is 1.18. The van der Waals surface area contributed by atoms with E-state index in [1.165, 1.54) is 57.6 Å². The molecular formula is C72H86N8O16S. The van der Waals surface area contributed by atoms with Gasteiger partial charge in [0.25, 0.3) is 23.5 Å². The van der Waals surface area contributed by atoms with Gasteiger partial charge >= 0.3 is 17.8 Å². The molecule has 0 radical (unpaired) electrons. The molecule has 9 rings (SSSR count). The second-order valence-electron chi connectivity index (χ2n) is 26.1. The molecule has 97 heavy (non-hydrogen) atoms. The molecule has 3 aromatic rings. The second-order valence-corrected chi connectivity index (χ2v) is 27.2. The Labute approximate surface area is 567 Å². The Morgan fingerprint density at radius 2 is 1.60 bits per heavy atom. The molecule has 5 heterocycles. The fourth-order valence-electron chi connectivity index (χ4n) is 12.9. The molecule has 4 bridgehead atoms. The summed E-state index contributed by atoms with van der Waals surface area (Å²) < 4.78 is 30.8. The van der Waals surface area contributed by atoms with E-state index in [-0.39, 0.29) is 123 Å². The number of hydrogen-bond donors (Lipinski definition) is 5. The number of Topliss-reactive ketones (excluding diaryl/α,β-unsaturated/α-hetero) is 1. The molecule has 5 aliphatic heterocycles. The van der Waals surface area contributed by atoms with Gasteiger partial charge in [0.15, 0.2) is 0 Å². The van der Waals surface area contributed by atoms with Crippen LogP contribution in [0.1, 0.15) is 122 Å². The Morgan fingerprint density at radius 1 is 0.887 bits per heavy atom. The molecule has 7 amide bonds. The minimum absolute atomic E-state index is 0.00926. The van der Waals surface area contributed by atoms with Crippen molar-refractivity contribution in [3.8, 4) is 22.1 Å². The Balaban J connectivity index is 0.864. The van der Waals surface area contributed by atoms with E-state index in [1.54, 1.807) is 62.1 Å². The molecule has 24 nitrogen and oxygen atoms in total. The Hall–Kier alpha value is -9.49. The van der Waals surface area contributed by atoms with Gasteiger partial charge in [-0.15, -0.1) is 11.3 Å². The summed E-state index contributed by atoms with van der Waals surface area (Å²) in [4.78, 5) is 143. The maximum absolute atomic E-state index is 15.1. The van der Waals surface area contributed by atoms with Gasteiger partial charge in [0.1, 0.15) is 35.9 Å². The van der Waals surface area contributed by atoms with Crippen LogP contribution in [0, 0.1) is 36.5 Å². The number of esters is 1. The number of carbonyl (C=O) groups excluding carboxylic acids is 9. The molecule has 6 aliphatic rings. The van der Waals surface area contributed by atoms with E-state index in [0.29, 0.717) is 66.9 Å². The summed E-state index contributed by atoms with van der Waals surface area (Å²) in [6.45, 7) is 19.1. The maximum atomic E-state index is 15.1. The third kappa shape index (κ3) is 16.7. The van der Waals surface area contributed by atoms with Gasteiger partial charge in [-0.05, 0) is 105 Å². The number of aromatic nitrogens is 1. The quantitative estimate of drug-likeness (QED) is 0.0190. The molecule has 0 spiro atoms. The number of fused-ring (bicyclic) bond motifs is 2. The van der Waals surface area contributed by atoms with Crippen molar-refractivity contribution in [1.29, 1.82) is 0 Å². The van der Waals surface area contributed by atoms with E-state index in [2.05, 4.69) is 40.0 Å². The second kappa shape index (κ2) is 31.1. The van der Waals surface area contributed by atoms with Crippen molar-refractivity contribution >= 4 is 103 Å². The number of anilines is 3. The largest absolute Gasteiger partial charge is 0.507 e.